The van der Waals surface area contributed by atoms with E-state index in [1.54, 1.807) is 63.8 Å². The van der Waals surface area contributed by atoms with Crippen molar-refractivity contribution in [2.24, 2.45) is 21.2 Å². The van der Waals surface area contributed by atoms with Crippen LogP contribution in [0.5, 0.6) is 11.5 Å². The Morgan fingerprint density at radius 1 is 1.21 bits per heavy atom. The Morgan fingerprint density at radius 3 is 2.67 bits per heavy atom. The molecule has 0 aliphatic carbocycles. The van der Waals surface area contributed by atoms with Crippen LogP contribution >= 0.6 is 23.4 Å². The molecule has 0 bridgehead atoms. The summed E-state index contributed by atoms with van der Waals surface area (Å²) in [5, 5.41) is 16.3. The summed E-state index contributed by atoms with van der Waals surface area (Å²) in [6, 6.07) is 10.7. The van der Waals surface area contributed by atoms with Crippen LogP contribution in [0.2, 0.25) is 5.02 Å². The van der Waals surface area contributed by atoms with Crippen molar-refractivity contribution >= 4 is 34.5 Å². The molecule has 2 heterocycles. The number of hydrogen-bond acceptors (Lipinski definition) is 10. The fraction of sp³-hybridized carbons (Fsp3) is 0.429. The standard InChI is InChI=1S/C28H33ClFN7O5S/c1-6-41-26(38)28(2,3)43-27(35-36-31)32-13-12-21-25-34-33-22(15-30)37(25)19-11-10-16(29)14-18(19)23(42-21)17-8-7-9-20(39-4)24(17)40-5/h7-11,14,21,23H,6,12-13,15H2,1-5H3,(H2,31,32,35)/t21-,23-/m1/s1. The number of nitrogens with zero attached hydrogens (tertiary/aromatic N) is 6. The second-order valence-electron chi connectivity index (χ2n) is 9.74. The number of methoxy groups -OCH3 is 2. The van der Waals surface area contributed by atoms with Gasteiger partial charge in [0.05, 0.1) is 26.5 Å². The Bertz CT molecular complexity index is 1520. The Morgan fingerprint density at radius 2 is 2.00 bits per heavy atom. The number of benzene rings is 2. The number of fused-ring (bicyclic) bond motifs is 3. The molecule has 4 rings (SSSR count). The van der Waals surface area contributed by atoms with Crippen molar-refractivity contribution in [1.29, 1.82) is 0 Å². The molecule has 0 saturated carbocycles. The first-order valence-electron chi connectivity index (χ1n) is 13.4. The summed E-state index contributed by atoms with van der Waals surface area (Å²) in [5.41, 5.74) is 1.94. The van der Waals surface area contributed by atoms with Gasteiger partial charge in [-0.3, -0.25) is 14.4 Å². The number of carbonyl (C=O) groups excluding carboxylic acids is 1. The molecular formula is C28H33ClFN7O5S. The first kappa shape index (κ1) is 32.2. The van der Waals surface area contributed by atoms with Gasteiger partial charge >= 0.3 is 5.97 Å². The number of carbonyl (C=O) groups is 1. The predicted molar refractivity (Wildman–Crippen MR) is 161 cm³/mol. The molecule has 2 aromatic carbocycles. The maximum Gasteiger partial charge on any atom is 0.322 e. The smallest absolute Gasteiger partial charge is 0.322 e. The molecular weight excluding hydrogens is 601 g/mol. The Balaban J connectivity index is 1.76. The third-order valence-electron chi connectivity index (χ3n) is 6.59. The molecule has 0 saturated heterocycles. The third kappa shape index (κ3) is 6.92. The van der Waals surface area contributed by atoms with E-state index >= 15 is 0 Å². The van der Waals surface area contributed by atoms with Gasteiger partial charge < -0.3 is 24.8 Å². The van der Waals surface area contributed by atoms with E-state index in [9.17, 15) is 9.18 Å². The monoisotopic (exact) mass is 633 g/mol. The highest BCUT2D eigenvalue weighted by Crippen LogP contribution is 2.46. The van der Waals surface area contributed by atoms with Crippen LogP contribution in [0, 0.1) is 0 Å². The van der Waals surface area contributed by atoms with Crippen LogP contribution in [0.25, 0.3) is 5.69 Å². The van der Waals surface area contributed by atoms with Gasteiger partial charge in [0.1, 0.15) is 23.6 Å². The number of rotatable bonds is 10. The van der Waals surface area contributed by atoms with Crippen molar-refractivity contribution in [3.63, 3.8) is 0 Å². The maximum atomic E-state index is 14.2. The van der Waals surface area contributed by atoms with Crippen molar-refractivity contribution in [3.05, 3.63) is 64.2 Å². The van der Waals surface area contributed by atoms with Crippen molar-refractivity contribution in [2.45, 2.75) is 50.8 Å². The van der Waals surface area contributed by atoms with Crippen LogP contribution in [-0.2, 0) is 20.9 Å². The summed E-state index contributed by atoms with van der Waals surface area (Å²) < 4.78 is 38.1. The molecule has 0 radical (unpaired) electrons. The molecule has 1 aliphatic rings. The number of amidine groups is 1. The Hall–Kier alpha value is -3.75. The normalized spacial score (nSPS) is 16.9. The minimum Gasteiger partial charge on any atom is -0.493 e. The van der Waals surface area contributed by atoms with E-state index in [1.165, 1.54) is 0 Å². The summed E-state index contributed by atoms with van der Waals surface area (Å²) in [4.78, 5) is 17.0. The highest BCUT2D eigenvalue weighted by Gasteiger charge is 2.36. The molecule has 1 aromatic heterocycles. The van der Waals surface area contributed by atoms with Gasteiger partial charge in [-0.15, -0.1) is 15.3 Å². The summed E-state index contributed by atoms with van der Waals surface area (Å²) in [6.45, 7) is 4.67. The second kappa shape index (κ2) is 14.1. The van der Waals surface area contributed by atoms with Gasteiger partial charge in [-0.25, -0.2) is 4.39 Å². The predicted octanol–water partition coefficient (Wildman–Crippen LogP) is 5.72. The number of aliphatic imine (C=N–C) groups is 1. The number of esters is 1. The molecule has 15 heteroatoms. The number of nitrogens with two attached hydrogens (primary N) is 1. The molecule has 0 amide bonds. The summed E-state index contributed by atoms with van der Waals surface area (Å²) in [7, 11) is 3.09. The second-order valence-corrected chi connectivity index (χ2v) is 11.8. The average Bonchev–Trinajstić information content (AvgIpc) is 3.37. The van der Waals surface area contributed by atoms with Crippen molar-refractivity contribution in [3.8, 4) is 17.2 Å². The van der Waals surface area contributed by atoms with Crippen molar-refractivity contribution in [1.82, 2.24) is 14.8 Å². The lowest BCUT2D eigenvalue weighted by atomic mass is 9.98. The van der Waals surface area contributed by atoms with Gasteiger partial charge in [-0.05, 0) is 45.0 Å². The molecule has 230 valence electrons. The van der Waals surface area contributed by atoms with Gasteiger partial charge in [0.2, 0.25) is 5.17 Å². The third-order valence-corrected chi connectivity index (χ3v) is 7.89. The number of aromatic nitrogens is 3. The molecule has 3 aromatic rings. The summed E-state index contributed by atoms with van der Waals surface area (Å²) in [5.74, 6) is 6.39. The summed E-state index contributed by atoms with van der Waals surface area (Å²) >= 11 is 7.53. The lowest BCUT2D eigenvalue weighted by molar-refractivity contribution is -0.145. The number of ether oxygens (including phenoxy) is 4. The van der Waals surface area contributed by atoms with Crippen LogP contribution in [0.4, 0.5) is 4.39 Å². The topological polar surface area (TPSA) is 148 Å². The molecule has 0 fully saturated rings. The lowest BCUT2D eigenvalue weighted by Gasteiger charge is -2.25. The fourth-order valence-corrected chi connectivity index (χ4v) is 5.69. The van der Waals surface area contributed by atoms with Gasteiger partial charge in [0.25, 0.3) is 0 Å². The largest absolute Gasteiger partial charge is 0.493 e. The zero-order valence-electron chi connectivity index (χ0n) is 24.4. The molecule has 2 atom stereocenters. The van der Waals surface area contributed by atoms with Gasteiger partial charge in [-0.1, -0.05) is 40.7 Å². The van der Waals surface area contributed by atoms with Crippen LogP contribution < -0.4 is 15.3 Å². The van der Waals surface area contributed by atoms with E-state index in [2.05, 4.69) is 25.5 Å². The van der Waals surface area contributed by atoms with Crippen molar-refractivity contribution < 1.29 is 28.1 Å². The van der Waals surface area contributed by atoms with E-state index in [1.807, 2.05) is 12.1 Å². The van der Waals surface area contributed by atoms with E-state index in [0.29, 0.717) is 39.2 Å². The van der Waals surface area contributed by atoms with Crippen LogP contribution in [0.15, 0.2) is 51.7 Å². The van der Waals surface area contributed by atoms with Gasteiger partial charge in [-0.2, -0.15) is 0 Å². The first-order valence-corrected chi connectivity index (χ1v) is 14.6. The zero-order valence-corrected chi connectivity index (χ0v) is 26.0. The summed E-state index contributed by atoms with van der Waals surface area (Å²) in [6.07, 6.45) is -1.16. The first-order chi connectivity index (χ1) is 20.7. The number of alkyl halides is 1. The molecule has 1 aliphatic heterocycles. The van der Waals surface area contributed by atoms with E-state index in [0.717, 1.165) is 11.8 Å². The quantitative estimate of drug-likeness (QED) is 0.0739. The Labute approximate surface area is 257 Å². The van der Waals surface area contributed by atoms with Gasteiger partial charge in [0.15, 0.2) is 23.1 Å². The maximum absolute atomic E-state index is 14.2. The van der Waals surface area contributed by atoms with Crippen LogP contribution in [-0.4, -0.2) is 58.0 Å². The number of halogens is 2. The highest BCUT2D eigenvalue weighted by molar-refractivity contribution is 8.15. The van der Waals surface area contributed by atoms with Crippen LogP contribution in [0.1, 0.15) is 62.2 Å². The van der Waals surface area contributed by atoms with Crippen LogP contribution in [0.3, 0.4) is 0 Å². The molecule has 2 N–H and O–H groups in total. The number of thioether (sulfide) groups is 1. The molecule has 0 unspecified atom stereocenters. The molecule has 0 spiro atoms. The lowest BCUT2D eigenvalue weighted by Crippen LogP contribution is -2.31. The Kier molecular flexibility index (Phi) is 10.6. The molecule has 12 nitrogen and oxygen atoms in total. The van der Waals surface area contributed by atoms with E-state index in [-0.39, 0.29) is 30.6 Å². The van der Waals surface area contributed by atoms with E-state index < -0.39 is 29.6 Å². The van der Waals surface area contributed by atoms with Crippen molar-refractivity contribution in [2.75, 3.05) is 27.4 Å². The van der Waals surface area contributed by atoms with Gasteiger partial charge in [0, 0.05) is 29.1 Å². The zero-order chi connectivity index (χ0) is 31.1. The minimum absolute atomic E-state index is 0.110. The minimum atomic E-state index is -0.993. The van der Waals surface area contributed by atoms with E-state index in [4.69, 9.17) is 36.4 Å². The fourth-order valence-electron chi connectivity index (χ4n) is 4.67. The SMILES string of the molecule is CCOC(=O)C(C)(C)SC(=NCC[C@H]1O[C@H](c2cccc(OC)c2OC)c2cc(Cl)ccc2-n2c(CF)nnc21)/N=N\N. The number of para-hydroxylation sites is 1. The highest BCUT2D eigenvalue weighted by atomic mass is 35.5. The number of hydrogen-bond donors (Lipinski definition) is 1. The molecule has 43 heavy (non-hydrogen) atoms. The average molecular weight is 634 g/mol.